The van der Waals surface area contributed by atoms with Crippen LogP contribution in [0.15, 0.2) is 24.3 Å². The minimum absolute atomic E-state index is 0.0193. The highest BCUT2D eigenvalue weighted by Gasteiger charge is 2.32. The number of amides is 1. The smallest absolute Gasteiger partial charge is 0.257 e. The Morgan fingerprint density at radius 1 is 1.50 bits per heavy atom. The fourth-order valence-corrected chi connectivity index (χ4v) is 2.65. The van der Waals surface area contributed by atoms with Crippen molar-refractivity contribution >= 4 is 5.91 Å². The maximum Gasteiger partial charge on any atom is 0.257 e. The fourth-order valence-electron chi connectivity index (χ4n) is 2.65. The third-order valence-electron chi connectivity index (χ3n) is 3.72. The van der Waals surface area contributed by atoms with Gasteiger partial charge in [0.2, 0.25) is 0 Å². The minimum atomic E-state index is -0.462. The Hall–Kier alpha value is -1.42. The Bertz CT molecular complexity index is 436. The standard InChI is InChI=1S/C14H19FN2O/c1-10-5-4-8-17(13(10)9-16)14(18)11-6-2-3-7-12(11)15/h2-3,6-7,10,13H,4-5,8-9,16H2,1H3. The average Bonchev–Trinajstić information content (AvgIpc) is 2.38. The van der Waals surface area contributed by atoms with E-state index in [-0.39, 0.29) is 17.5 Å². The molecule has 2 rings (SSSR count). The molecule has 98 valence electrons. The second kappa shape index (κ2) is 5.48. The second-order valence-corrected chi connectivity index (χ2v) is 4.90. The molecule has 1 amide bonds. The first kappa shape index (κ1) is 13.0. The van der Waals surface area contributed by atoms with Crippen LogP contribution in [-0.2, 0) is 0 Å². The number of carbonyl (C=O) groups is 1. The second-order valence-electron chi connectivity index (χ2n) is 4.90. The molecule has 2 N–H and O–H groups in total. The van der Waals surface area contributed by atoms with Crippen molar-refractivity contribution < 1.29 is 9.18 Å². The van der Waals surface area contributed by atoms with Gasteiger partial charge in [0.25, 0.3) is 5.91 Å². The molecule has 0 aromatic heterocycles. The Balaban J connectivity index is 2.25. The van der Waals surface area contributed by atoms with Gasteiger partial charge in [-0.25, -0.2) is 4.39 Å². The van der Waals surface area contributed by atoms with Gasteiger partial charge < -0.3 is 10.6 Å². The van der Waals surface area contributed by atoms with Gasteiger partial charge in [0.1, 0.15) is 5.82 Å². The third kappa shape index (κ3) is 2.38. The van der Waals surface area contributed by atoms with Gasteiger partial charge in [-0.2, -0.15) is 0 Å². The summed E-state index contributed by atoms with van der Waals surface area (Å²) in [6.45, 7) is 3.19. The van der Waals surface area contributed by atoms with Crippen LogP contribution in [0.25, 0.3) is 0 Å². The van der Waals surface area contributed by atoms with Crippen molar-refractivity contribution in [3.8, 4) is 0 Å². The summed E-state index contributed by atoms with van der Waals surface area (Å²) in [4.78, 5) is 14.1. The number of nitrogens with zero attached hydrogens (tertiary/aromatic N) is 1. The Kier molecular flexibility index (Phi) is 3.97. The molecule has 1 saturated heterocycles. The van der Waals surface area contributed by atoms with Gasteiger partial charge in [-0.15, -0.1) is 0 Å². The van der Waals surface area contributed by atoms with Crippen LogP contribution in [0.3, 0.4) is 0 Å². The van der Waals surface area contributed by atoms with Gasteiger partial charge >= 0.3 is 0 Å². The summed E-state index contributed by atoms with van der Waals surface area (Å²) in [7, 11) is 0. The highest BCUT2D eigenvalue weighted by molar-refractivity contribution is 5.94. The molecule has 0 radical (unpaired) electrons. The van der Waals surface area contributed by atoms with Gasteiger partial charge in [-0.3, -0.25) is 4.79 Å². The predicted octanol–water partition coefficient (Wildman–Crippen LogP) is 2.03. The maximum absolute atomic E-state index is 13.6. The number of halogens is 1. The van der Waals surface area contributed by atoms with E-state index in [1.807, 2.05) is 0 Å². The van der Waals surface area contributed by atoms with E-state index in [0.29, 0.717) is 19.0 Å². The first-order chi connectivity index (χ1) is 8.65. The molecule has 1 aromatic rings. The quantitative estimate of drug-likeness (QED) is 0.873. The van der Waals surface area contributed by atoms with E-state index < -0.39 is 5.82 Å². The molecule has 0 aliphatic carbocycles. The van der Waals surface area contributed by atoms with Crippen molar-refractivity contribution in [2.45, 2.75) is 25.8 Å². The Morgan fingerprint density at radius 3 is 2.89 bits per heavy atom. The zero-order valence-corrected chi connectivity index (χ0v) is 10.6. The summed E-state index contributed by atoms with van der Waals surface area (Å²) in [5, 5.41) is 0. The van der Waals surface area contributed by atoms with E-state index in [2.05, 4.69) is 6.92 Å². The van der Waals surface area contributed by atoms with Gasteiger partial charge in [0, 0.05) is 19.1 Å². The maximum atomic E-state index is 13.6. The summed E-state index contributed by atoms with van der Waals surface area (Å²) in [5.41, 5.74) is 5.89. The van der Waals surface area contributed by atoms with Crippen molar-refractivity contribution in [2.75, 3.05) is 13.1 Å². The van der Waals surface area contributed by atoms with Crippen molar-refractivity contribution in [1.29, 1.82) is 0 Å². The Morgan fingerprint density at radius 2 is 2.22 bits per heavy atom. The number of likely N-dealkylation sites (tertiary alicyclic amines) is 1. The molecule has 18 heavy (non-hydrogen) atoms. The lowest BCUT2D eigenvalue weighted by Gasteiger charge is -2.39. The molecule has 1 fully saturated rings. The van der Waals surface area contributed by atoms with Crippen LogP contribution in [0.2, 0.25) is 0 Å². The van der Waals surface area contributed by atoms with E-state index in [1.165, 1.54) is 12.1 Å². The largest absolute Gasteiger partial charge is 0.334 e. The molecule has 0 bridgehead atoms. The highest BCUT2D eigenvalue weighted by Crippen LogP contribution is 2.24. The van der Waals surface area contributed by atoms with Crippen LogP contribution in [0, 0.1) is 11.7 Å². The summed E-state index contributed by atoms with van der Waals surface area (Å²) < 4.78 is 13.6. The van der Waals surface area contributed by atoms with Crippen molar-refractivity contribution in [2.24, 2.45) is 11.7 Å². The summed E-state index contributed by atoms with van der Waals surface area (Å²) in [6.07, 6.45) is 2.03. The van der Waals surface area contributed by atoms with E-state index in [1.54, 1.807) is 17.0 Å². The topological polar surface area (TPSA) is 46.3 Å². The van der Waals surface area contributed by atoms with E-state index in [9.17, 15) is 9.18 Å². The molecule has 2 atom stereocenters. The van der Waals surface area contributed by atoms with Crippen LogP contribution >= 0.6 is 0 Å². The molecule has 0 saturated carbocycles. The lowest BCUT2D eigenvalue weighted by molar-refractivity contribution is 0.0528. The van der Waals surface area contributed by atoms with Gasteiger partial charge in [-0.1, -0.05) is 19.1 Å². The normalized spacial score (nSPS) is 24.1. The summed E-state index contributed by atoms with van der Waals surface area (Å²) in [6, 6.07) is 6.14. The molecule has 1 heterocycles. The number of piperidine rings is 1. The van der Waals surface area contributed by atoms with Crippen LogP contribution in [0.1, 0.15) is 30.1 Å². The number of hydrogen-bond acceptors (Lipinski definition) is 2. The molecule has 1 aromatic carbocycles. The van der Waals surface area contributed by atoms with Crippen LogP contribution < -0.4 is 5.73 Å². The number of benzene rings is 1. The van der Waals surface area contributed by atoms with E-state index in [0.717, 1.165) is 12.8 Å². The fraction of sp³-hybridized carbons (Fsp3) is 0.500. The monoisotopic (exact) mass is 250 g/mol. The van der Waals surface area contributed by atoms with Crippen LogP contribution in [0.4, 0.5) is 4.39 Å². The minimum Gasteiger partial charge on any atom is -0.334 e. The van der Waals surface area contributed by atoms with E-state index in [4.69, 9.17) is 5.73 Å². The number of carbonyl (C=O) groups excluding carboxylic acids is 1. The van der Waals surface area contributed by atoms with Crippen molar-refractivity contribution in [3.63, 3.8) is 0 Å². The molecule has 1 aliphatic rings. The molecular weight excluding hydrogens is 231 g/mol. The highest BCUT2D eigenvalue weighted by atomic mass is 19.1. The predicted molar refractivity (Wildman–Crippen MR) is 68.7 cm³/mol. The zero-order valence-electron chi connectivity index (χ0n) is 10.6. The molecule has 1 aliphatic heterocycles. The first-order valence-corrected chi connectivity index (χ1v) is 6.40. The molecule has 4 heteroatoms. The molecule has 0 spiro atoms. The van der Waals surface area contributed by atoms with Crippen LogP contribution in [0.5, 0.6) is 0 Å². The Labute approximate surface area is 107 Å². The average molecular weight is 250 g/mol. The number of rotatable bonds is 2. The third-order valence-corrected chi connectivity index (χ3v) is 3.72. The van der Waals surface area contributed by atoms with Gasteiger partial charge in [0.05, 0.1) is 5.56 Å². The lowest BCUT2D eigenvalue weighted by atomic mass is 9.90. The van der Waals surface area contributed by atoms with Crippen molar-refractivity contribution in [3.05, 3.63) is 35.6 Å². The summed E-state index contributed by atoms with van der Waals surface area (Å²) in [5.74, 6) is -0.328. The summed E-state index contributed by atoms with van der Waals surface area (Å²) >= 11 is 0. The molecular formula is C14H19FN2O. The van der Waals surface area contributed by atoms with E-state index >= 15 is 0 Å². The molecule has 2 unspecified atom stereocenters. The van der Waals surface area contributed by atoms with Gasteiger partial charge in [-0.05, 0) is 30.9 Å². The number of hydrogen-bond donors (Lipinski definition) is 1. The first-order valence-electron chi connectivity index (χ1n) is 6.40. The van der Waals surface area contributed by atoms with Crippen LogP contribution in [-0.4, -0.2) is 29.9 Å². The number of nitrogens with two attached hydrogens (primary N) is 1. The lowest BCUT2D eigenvalue weighted by Crippen LogP contribution is -2.51. The zero-order chi connectivity index (χ0) is 13.1. The van der Waals surface area contributed by atoms with Gasteiger partial charge in [0.15, 0.2) is 0 Å². The molecule has 3 nitrogen and oxygen atoms in total. The SMILES string of the molecule is CC1CCCN(C(=O)c2ccccc2F)C1CN. The van der Waals surface area contributed by atoms with Crippen molar-refractivity contribution in [1.82, 2.24) is 4.90 Å².